The molecular weight excluding hydrogens is 358 g/mol. The third-order valence-corrected chi connectivity index (χ3v) is 5.74. The molecule has 2 aromatic heterocycles. The van der Waals surface area contributed by atoms with Gasteiger partial charge in [-0.05, 0) is 30.7 Å². The number of amides is 1. The number of likely N-dealkylation sites (tertiary alicyclic amines) is 1. The van der Waals surface area contributed by atoms with Gasteiger partial charge in [0.15, 0.2) is 0 Å². The molecule has 1 aliphatic heterocycles. The van der Waals surface area contributed by atoms with Gasteiger partial charge in [0.2, 0.25) is 0 Å². The number of halogens is 1. The van der Waals surface area contributed by atoms with Gasteiger partial charge in [-0.15, -0.1) is 12.4 Å². The molecule has 4 rings (SSSR count). The van der Waals surface area contributed by atoms with Crippen molar-refractivity contribution in [3.05, 3.63) is 38.7 Å². The van der Waals surface area contributed by atoms with E-state index >= 15 is 0 Å². The lowest BCUT2D eigenvalue weighted by atomic mass is 9.98. The Kier molecular flexibility index (Phi) is 4.66. The number of aromatic nitrogens is 3. The van der Waals surface area contributed by atoms with Gasteiger partial charge < -0.3 is 10.6 Å². The number of carbonyl (C=O) groups excluding carboxylic acids is 1. The molecule has 1 saturated carbocycles. The Bertz CT molecular complexity index is 998. The molecule has 1 aliphatic carbocycles. The van der Waals surface area contributed by atoms with Gasteiger partial charge >= 0.3 is 5.69 Å². The summed E-state index contributed by atoms with van der Waals surface area (Å²) in [5.74, 6) is 0.707. The lowest BCUT2D eigenvalue weighted by Gasteiger charge is -2.19. The summed E-state index contributed by atoms with van der Waals surface area (Å²) in [6, 6.07) is 1.71. The third kappa shape index (κ3) is 2.64. The van der Waals surface area contributed by atoms with E-state index in [4.69, 9.17) is 5.73 Å². The minimum atomic E-state index is -0.444. The molecule has 0 radical (unpaired) electrons. The minimum absolute atomic E-state index is 0. The van der Waals surface area contributed by atoms with E-state index in [1.165, 1.54) is 17.8 Å². The van der Waals surface area contributed by atoms with Gasteiger partial charge in [-0.2, -0.15) is 0 Å². The van der Waals surface area contributed by atoms with Crippen LogP contribution >= 0.6 is 12.4 Å². The molecule has 0 aromatic carbocycles. The Morgan fingerprint density at radius 2 is 1.92 bits per heavy atom. The SMILES string of the molecule is Cl.Cn1c(=O)c2cc(C(=O)N3CC4CCC(N)C4C3)cnc2n(C)c1=O. The highest BCUT2D eigenvalue weighted by atomic mass is 35.5. The smallest absolute Gasteiger partial charge is 0.332 e. The van der Waals surface area contributed by atoms with Crippen molar-refractivity contribution >= 4 is 29.3 Å². The Hall–Kier alpha value is -2.19. The molecule has 8 nitrogen and oxygen atoms in total. The highest BCUT2D eigenvalue weighted by molar-refractivity contribution is 5.97. The number of nitrogens with zero attached hydrogens (tertiary/aromatic N) is 4. The van der Waals surface area contributed by atoms with Crippen molar-refractivity contribution in [3.8, 4) is 0 Å². The first-order valence-corrected chi connectivity index (χ1v) is 8.49. The van der Waals surface area contributed by atoms with E-state index in [9.17, 15) is 14.4 Å². The molecule has 3 atom stereocenters. The molecule has 2 aromatic rings. The van der Waals surface area contributed by atoms with Gasteiger partial charge in [0, 0.05) is 39.4 Å². The van der Waals surface area contributed by atoms with E-state index in [0.717, 1.165) is 17.4 Å². The third-order valence-electron chi connectivity index (χ3n) is 5.74. The van der Waals surface area contributed by atoms with Crippen molar-refractivity contribution in [1.82, 2.24) is 19.0 Å². The van der Waals surface area contributed by atoms with E-state index in [1.807, 2.05) is 4.90 Å². The van der Waals surface area contributed by atoms with E-state index in [-0.39, 0.29) is 35.4 Å². The number of carbonyl (C=O) groups is 1. The molecule has 3 heterocycles. The number of nitrogens with two attached hydrogens (primary N) is 1. The second-order valence-electron chi connectivity index (χ2n) is 7.18. The number of hydrogen-bond donors (Lipinski definition) is 1. The number of rotatable bonds is 1. The van der Waals surface area contributed by atoms with Crippen molar-refractivity contribution in [3.63, 3.8) is 0 Å². The summed E-state index contributed by atoms with van der Waals surface area (Å²) in [4.78, 5) is 43.2. The standard InChI is InChI=1S/C17H21N5O3.ClH/c1-20-14-11(16(24)21(2)17(20)25)5-10(6-19-14)15(23)22-7-9-3-4-13(18)12(9)8-22;/h5-6,9,12-13H,3-4,7-8,18H2,1-2H3;1H. The van der Waals surface area contributed by atoms with Gasteiger partial charge in [-0.3, -0.25) is 18.7 Å². The predicted octanol–water partition coefficient (Wildman–Crippen LogP) is -0.137. The van der Waals surface area contributed by atoms with Crippen LogP contribution in [0.2, 0.25) is 0 Å². The summed E-state index contributed by atoms with van der Waals surface area (Å²) in [6.45, 7) is 1.37. The van der Waals surface area contributed by atoms with Crippen LogP contribution in [0.25, 0.3) is 11.0 Å². The highest BCUT2D eigenvalue weighted by Gasteiger charge is 2.42. The summed E-state index contributed by atoms with van der Waals surface area (Å²) in [7, 11) is 2.98. The lowest BCUT2D eigenvalue weighted by molar-refractivity contribution is 0.0779. The van der Waals surface area contributed by atoms with Gasteiger partial charge in [-0.25, -0.2) is 9.78 Å². The van der Waals surface area contributed by atoms with Crippen LogP contribution < -0.4 is 17.0 Å². The number of aryl methyl sites for hydroxylation is 1. The van der Waals surface area contributed by atoms with Crippen molar-refractivity contribution in [2.45, 2.75) is 18.9 Å². The average molecular weight is 380 g/mol. The van der Waals surface area contributed by atoms with Crippen LogP contribution in [-0.4, -0.2) is 44.1 Å². The maximum Gasteiger partial charge on any atom is 0.332 e. The largest absolute Gasteiger partial charge is 0.338 e. The lowest BCUT2D eigenvalue weighted by Crippen LogP contribution is -2.37. The highest BCUT2D eigenvalue weighted by Crippen LogP contribution is 2.37. The van der Waals surface area contributed by atoms with Crippen molar-refractivity contribution in [2.75, 3.05) is 13.1 Å². The average Bonchev–Trinajstić information content (AvgIpc) is 3.19. The number of pyridine rings is 1. The molecule has 140 valence electrons. The molecule has 26 heavy (non-hydrogen) atoms. The number of hydrogen-bond acceptors (Lipinski definition) is 5. The zero-order chi connectivity index (χ0) is 17.9. The first-order chi connectivity index (χ1) is 11.9. The molecule has 0 bridgehead atoms. The molecule has 9 heteroatoms. The van der Waals surface area contributed by atoms with Gasteiger partial charge in [0.05, 0.1) is 10.9 Å². The second-order valence-corrected chi connectivity index (χ2v) is 7.18. The molecule has 2 N–H and O–H groups in total. The van der Waals surface area contributed by atoms with Gasteiger partial charge in [-0.1, -0.05) is 0 Å². The van der Waals surface area contributed by atoms with Crippen molar-refractivity contribution in [1.29, 1.82) is 0 Å². The molecule has 1 amide bonds. The monoisotopic (exact) mass is 379 g/mol. The van der Waals surface area contributed by atoms with E-state index in [0.29, 0.717) is 30.5 Å². The summed E-state index contributed by atoms with van der Waals surface area (Å²) in [5.41, 5.74) is 5.91. The fourth-order valence-corrected chi connectivity index (χ4v) is 4.24. The summed E-state index contributed by atoms with van der Waals surface area (Å²) in [6.07, 6.45) is 3.53. The van der Waals surface area contributed by atoms with Crippen LogP contribution in [0.5, 0.6) is 0 Å². The summed E-state index contributed by atoms with van der Waals surface area (Å²) in [5, 5.41) is 0.270. The molecule has 1 saturated heterocycles. The molecule has 3 unspecified atom stereocenters. The van der Waals surface area contributed by atoms with Crippen LogP contribution in [0.15, 0.2) is 21.9 Å². The zero-order valence-electron chi connectivity index (χ0n) is 14.7. The zero-order valence-corrected chi connectivity index (χ0v) is 15.5. The first-order valence-electron chi connectivity index (χ1n) is 8.49. The first kappa shape index (κ1) is 18.6. The minimum Gasteiger partial charge on any atom is -0.338 e. The number of fused-ring (bicyclic) bond motifs is 2. The topological polar surface area (TPSA) is 103 Å². The van der Waals surface area contributed by atoms with Crippen molar-refractivity contribution in [2.24, 2.45) is 31.7 Å². The summed E-state index contributed by atoms with van der Waals surface area (Å²) >= 11 is 0. The van der Waals surface area contributed by atoms with Gasteiger partial charge in [0.1, 0.15) is 5.65 Å². The maximum absolute atomic E-state index is 12.8. The van der Waals surface area contributed by atoms with Crippen LogP contribution in [0.1, 0.15) is 23.2 Å². The Balaban J connectivity index is 0.00000196. The molecule has 0 spiro atoms. The van der Waals surface area contributed by atoms with Crippen molar-refractivity contribution < 1.29 is 4.79 Å². The van der Waals surface area contributed by atoms with E-state index in [2.05, 4.69) is 4.98 Å². The molecular formula is C17H22ClN5O3. The van der Waals surface area contributed by atoms with Crippen LogP contribution in [-0.2, 0) is 14.1 Å². The fraction of sp³-hybridized carbons (Fsp3) is 0.529. The fourth-order valence-electron chi connectivity index (χ4n) is 4.24. The Morgan fingerprint density at radius 3 is 2.62 bits per heavy atom. The van der Waals surface area contributed by atoms with Gasteiger partial charge in [0.25, 0.3) is 11.5 Å². The van der Waals surface area contributed by atoms with Crippen LogP contribution in [0.4, 0.5) is 0 Å². The maximum atomic E-state index is 12.8. The predicted molar refractivity (Wildman–Crippen MR) is 99.6 cm³/mol. The summed E-state index contributed by atoms with van der Waals surface area (Å²) < 4.78 is 2.34. The Labute approximate surface area is 156 Å². The Morgan fingerprint density at radius 1 is 1.19 bits per heavy atom. The normalized spacial score (nSPS) is 24.6. The quantitative estimate of drug-likeness (QED) is 0.743. The van der Waals surface area contributed by atoms with E-state index in [1.54, 1.807) is 13.1 Å². The van der Waals surface area contributed by atoms with Crippen LogP contribution in [0, 0.1) is 11.8 Å². The van der Waals surface area contributed by atoms with E-state index < -0.39 is 11.2 Å². The second kappa shape index (κ2) is 6.51. The van der Waals surface area contributed by atoms with Crippen LogP contribution in [0.3, 0.4) is 0 Å². The molecule has 2 fully saturated rings. The molecule has 2 aliphatic rings.